The van der Waals surface area contributed by atoms with Crippen LogP contribution in [0.3, 0.4) is 0 Å². The Morgan fingerprint density at radius 2 is 2.29 bits per heavy atom. The number of anilines is 1. The maximum atomic E-state index is 12.0. The van der Waals surface area contributed by atoms with Crippen molar-refractivity contribution in [3.63, 3.8) is 0 Å². The zero-order chi connectivity index (χ0) is 12.3. The van der Waals surface area contributed by atoms with Crippen molar-refractivity contribution in [3.8, 4) is 6.07 Å². The Kier molecular flexibility index (Phi) is 3.67. The van der Waals surface area contributed by atoms with Gasteiger partial charge in [-0.2, -0.15) is 5.26 Å². The monoisotopic (exact) mass is 247 g/mol. The lowest BCUT2D eigenvalue weighted by molar-refractivity contribution is -0.116. The number of nitrogens with two attached hydrogens (primary N) is 1. The van der Waals surface area contributed by atoms with Crippen molar-refractivity contribution >= 4 is 23.4 Å². The van der Waals surface area contributed by atoms with Gasteiger partial charge in [0.25, 0.3) is 0 Å². The fraction of sp³-hybridized carbons (Fsp3) is 0.333. The highest BCUT2D eigenvalue weighted by Crippen LogP contribution is 2.27. The molecule has 0 aliphatic carbocycles. The fourth-order valence-electron chi connectivity index (χ4n) is 1.91. The molecular weight excluding hydrogens is 234 g/mol. The van der Waals surface area contributed by atoms with Crippen LogP contribution in [-0.4, -0.2) is 30.0 Å². The molecule has 0 spiro atoms. The molecule has 17 heavy (non-hydrogen) atoms. The van der Waals surface area contributed by atoms with E-state index in [1.807, 2.05) is 6.07 Å². The van der Waals surface area contributed by atoms with E-state index in [0.717, 1.165) is 5.75 Å². The number of thioether (sulfide) groups is 1. The average molecular weight is 247 g/mol. The van der Waals surface area contributed by atoms with Crippen LogP contribution in [0.15, 0.2) is 24.3 Å². The van der Waals surface area contributed by atoms with Gasteiger partial charge in [0.15, 0.2) is 0 Å². The molecule has 1 fully saturated rings. The molecule has 88 valence electrons. The quantitative estimate of drug-likeness (QED) is 0.845. The second-order valence-electron chi connectivity index (χ2n) is 3.80. The number of benzene rings is 1. The van der Waals surface area contributed by atoms with E-state index in [4.69, 9.17) is 11.0 Å². The summed E-state index contributed by atoms with van der Waals surface area (Å²) in [7, 11) is 0. The van der Waals surface area contributed by atoms with Crippen LogP contribution in [-0.2, 0) is 4.79 Å². The first-order chi connectivity index (χ1) is 8.27. The van der Waals surface area contributed by atoms with Gasteiger partial charge in [-0.1, -0.05) is 12.1 Å². The molecule has 0 aromatic heterocycles. The molecule has 1 atom stereocenters. The normalized spacial score (nSPS) is 20.1. The van der Waals surface area contributed by atoms with Crippen LogP contribution in [0.5, 0.6) is 0 Å². The van der Waals surface area contributed by atoms with Crippen LogP contribution in [0, 0.1) is 11.3 Å². The van der Waals surface area contributed by atoms with Gasteiger partial charge in [-0.15, -0.1) is 11.8 Å². The third kappa shape index (κ3) is 2.28. The number of nitriles is 1. The Morgan fingerprint density at radius 3 is 3.00 bits per heavy atom. The second-order valence-corrected chi connectivity index (χ2v) is 4.83. The van der Waals surface area contributed by atoms with E-state index in [2.05, 4.69) is 6.07 Å². The molecule has 1 aliphatic heterocycles. The molecular formula is C12H13N3OS. The van der Waals surface area contributed by atoms with Gasteiger partial charge in [0.2, 0.25) is 5.91 Å². The maximum absolute atomic E-state index is 12.0. The topological polar surface area (TPSA) is 70.1 Å². The standard InChI is InChI=1S/C12H13N3OS/c13-5-9-3-1-2-4-11(9)15-10(6-14)7-17-8-12(15)16/h1-4,10H,6-8,14H2. The summed E-state index contributed by atoms with van der Waals surface area (Å²) in [5, 5.41) is 9.07. The summed E-state index contributed by atoms with van der Waals surface area (Å²) < 4.78 is 0. The molecule has 1 aromatic carbocycles. The van der Waals surface area contributed by atoms with Gasteiger partial charge < -0.3 is 10.6 Å². The summed E-state index contributed by atoms with van der Waals surface area (Å²) >= 11 is 1.59. The third-order valence-electron chi connectivity index (χ3n) is 2.73. The molecule has 4 nitrogen and oxygen atoms in total. The van der Waals surface area contributed by atoms with Crippen molar-refractivity contribution in [2.24, 2.45) is 5.73 Å². The van der Waals surface area contributed by atoms with E-state index in [9.17, 15) is 4.79 Å². The lowest BCUT2D eigenvalue weighted by Crippen LogP contribution is -2.50. The van der Waals surface area contributed by atoms with Gasteiger partial charge in [0.1, 0.15) is 6.07 Å². The number of hydrogen-bond donors (Lipinski definition) is 1. The van der Waals surface area contributed by atoms with Crippen molar-refractivity contribution in [1.82, 2.24) is 0 Å². The molecule has 5 heteroatoms. The van der Waals surface area contributed by atoms with E-state index < -0.39 is 0 Å². The van der Waals surface area contributed by atoms with Crippen LogP contribution in [0.1, 0.15) is 5.56 Å². The van der Waals surface area contributed by atoms with Crippen LogP contribution in [0.4, 0.5) is 5.69 Å². The molecule has 0 radical (unpaired) electrons. The zero-order valence-corrected chi connectivity index (χ0v) is 10.1. The Labute approximate surface area is 104 Å². The number of nitrogens with zero attached hydrogens (tertiary/aromatic N) is 2. The Balaban J connectivity index is 2.42. The number of carbonyl (C=O) groups is 1. The number of amides is 1. The predicted octanol–water partition coefficient (Wildman–Crippen LogP) is 0.965. The number of carbonyl (C=O) groups excluding carboxylic acids is 1. The number of para-hydroxylation sites is 1. The van der Waals surface area contributed by atoms with Gasteiger partial charge in [0, 0.05) is 12.3 Å². The van der Waals surface area contributed by atoms with E-state index in [1.165, 1.54) is 0 Å². The number of rotatable bonds is 2. The summed E-state index contributed by atoms with van der Waals surface area (Å²) in [6, 6.07) is 9.25. The summed E-state index contributed by atoms with van der Waals surface area (Å²) in [5.74, 6) is 1.30. The van der Waals surface area contributed by atoms with Crippen molar-refractivity contribution in [1.29, 1.82) is 5.26 Å². The van der Waals surface area contributed by atoms with Crippen LogP contribution < -0.4 is 10.6 Å². The maximum Gasteiger partial charge on any atom is 0.237 e. The zero-order valence-electron chi connectivity index (χ0n) is 9.30. The lowest BCUT2D eigenvalue weighted by atomic mass is 10.1. The van der Waals surface area contributed by atoms with Crippen molar-refractivity contribution < 1.29 is 4.79 Å². The SMILES string of the molecule is N#Cc1ccccc1N1C(=O)CSCC1CN. The van der Waals surface area contributed by atoms with Crippen molar-refractivity contribution in [2.45, 2.75) is 6.04 Å². The third-order valence-corrected chi connectivity index (χ3v) is 3.80. The fourth-order valence-corrected chi connectivity index (χ4v) is 2.90. The number of hydrogen-bond acceptors (Lipinski definition) is 4. The Morgan fingerprint density at radius 1 is 1.53 bits per heavy atom. The minimum absolute atomic E-state index is 0.0178. The lowest BCUT2D eigenvalue weighted by Gasteiger charge is -2.35. The molecule has 1 heterocycles. The first-order valence-corrected chi connectivity index (χ1v) is 6.52. The van der Waals surface area contributed by atoms with Crippen LogP contribution >= 0.6 is 11.8 Å². The minimum Gasteiger partial charge on any atom is -0.328 e. The second kappa shape index (κ2) is 5.21. The minimum atomic E-state index is -0.0178. The Bertz CT molecular complexity index is 469. The predicted molar refractivity (Wildman–Crippen MR) is 68.8 cm³/mol. The van der Waals surface area contributed by atoms with Crippen LogP contribution in [0.25, 0.3) is 0 Å². The molecule has 1 aromatic rings. The van der Waals surface area contributed by atoms with Gasteiger partial charge >= 0.3 is 0 Å². The molecule has 1 aliphatic rings. The van der Waals surface area contributed by atoms with E-state index in [-0.39, 0.29) is 11.9 Å². The molecule has 0 saturated carbocycles. The average Bonchev–Trinajstić information content (AvgIpc) is 2.38. The summed E-state index contributed by atoms with van der Waals surface area (Å²) in [4.78, 5) is 13.6. The molecule has 2 rings (SSSR count). The molecule has 2 N–H and O–H groups in total. The first kappa shape index (κ1) is 12.0. The summed E-state index contributed by atoms with van der Waals surface area (Å²) in [5.41, 5.74) is 6.89. The van der Waals surface area contributed by atoms with Gasteiger partial charge in [0.05, 0.1) is 23.0 Å². The highest BCUT2D eigenvalue weighted by molar-refractivity contribution is 8.00. The first-order valence-electron chi connectivity index (χ1n) is 5.37. The van der Waals surface area contributed by atoms with Gasteiger partial charge in [-0.25, -0.2) is 0 Å². The highest BCUT2D eigenvalue weighted by atomic mass is 32.2. The largest absolute Gasteiger partial charge is 0.328 e. The van der Waals surface area contributed by atoms with Gasteiger partial charge in [-0.05, 0) is 12.1 Å². The van der Waals surface area contributed by atoms with E-state index >= 15 is 0 Å². The molecule has 1 saturated heterocycles. The van der Waals surface area contributed by atoms with Crippen molar-refractivity contribution in [2.75, 3.05) is 23.0 Å². The molecule has 1 amide bonds. The van der Waals surface area contributed by atoms with E-state index in [1.54, 1.807) is 34.9 Å². The van der Waals surface area contributed by atoms with Gasteiger partial charge in [-0.3, -0.25) is 4.79 Å². The Hall–Kier alpha value is -1.51. The molecule has 1 unspecified atom stereocenters. The van der Waals surface area contributed by atoms with E-state index in [0.29, 0.717) is 23.5 Å². The smallest absolute Gasteiger partial charge is 0.237 e. The summed E-state index contributed by atoms with van der Waals surface area (Å²) in [6.07, 6.45) is 0. The summed E-state index contributed by atoms with van der Waals surface area (Å²) in [6.45, 7) is 0.415. The van der Waals surface area contributed by atoms with Crippen LogP contribution in [0.2, 0.25) is 0 Å². The molecule has 0 bridgehead atoms. The van der Waals surface area contributed by atoms with Crippen molar-refractivity contribution in [3.05, 3.63) is 29.8 Å². The highest BCUT2D eigenvalue weighted by Gasteiger charge is 2.29.